The minimum atomic E-state index is -0.821. The zero-order valence-corrected chi connectivity index (χ0v) is 13.2. The van der Waals surface area contributed by atoms with Crippen LogP contribution in [0.3, 0.4) is 0 Å². The first-order valence-corrected chi connectivity index (χ1v) is 8.16. The fourth-order valence-corrected chi connectivity index (χ4v) is 3.18. The molecule has 1 aromatic carbocycles. The van der Waals surface area contributed by atoms with E-state index >= 15 is 0 Å². The summed E-state index contributed by atoms with van der Waals surface area (Å²) in [6.45, 7) is 0.183. The van der Waals surface area contributed by atoms with Crippen molar-refractivity contribution in [3.05, 3.63) is 35.4 Å². The van der Waals surface area contributed by atoms with Crippen molar-refractivity contribution in [2.75, 3.05) is 6.61 Å². The van der Waals surface area contributed by atoms with Crippen molar-refractivity contribution in [3.8, 4) is 0 Å². The van der Waals surface area contributed by atoms with Crippen LogP contribution in [0.2, 0.25) is 0 Å². The standard InChI is InChI=1S/C17H20F2N2O3/c18-11-3-6-14(19)13(7-11)15-8-16(24-21-15)17(23)20-12-4-1-10(9-22)2-5-12/h3,6-7,10,12,16,22H,1-2,4-5,8-9H2,(H,20,23). The molecule has 1 aliphatic carbocycles. The molecule has 2 aliphatic rings. The van der Waals surface area contributed by atoms with E-state index in [0.29, 0.717) is 5.92 Å². The molecule has 2 N–H and O–H groups in total. The molecule has 1 aromatic rings. The molecular weight excluding hydrogens is 318 g/mol. The van der Waals surface area contributed by atoms with E-state index in [2.05, 4.69) is 10.5 Å². The Labute approximate surface area is 138 Å². The summed E-state index contributed by atoms with van der Waals surface area (Å²) in [6.07, 6.45) is 2.68. The molecule has 0 saturated heterocycles. The SMILES string of the molecule is O=C(NC1CCC(CO)CC1)C1CC(c2cc(F)ccc2F)=NO1. The van der Waals surface area contributed by atoms with Crippen molar-refractivity contribution in [2.24, 2.45) is 11.1 Å². The highest BCUT2D eigenvalue weighted by atomic mass is 19.1. The van der Waals surface area contributed by atoms with Crippen LogP contribution in [0.15, 0.2) is 23.4 Å². The molecule has 1 aliphatic heterocycles. The molecule has 24 heavy (non-hydrogen) atoms. The predicted molar refractivity (Wildman–Crippen MR) is 83.4 cm³/mol. The van der Waals surface area contributed by atoms with E-state index in [9.17, 15) is 13.6 Å². The number of carbonyl (C=O) groups is 1. The lowest BCUT2D eigenvalue weighted by Gasteiger charge is -2.28. The van der Waals surface area contributed by atoms with Crippen LogP contribution in [0.25, 0.3) is 0 Å². The molecule has 130 valence electrons. The molecular formula is C17H20F2N2O3. The van der Waals surface area contributed by atoms with Crippen LogP contribution in [0.4, 0.5) is 8.78 Å². The highest BCUT2D eigenvalue weighted by Gasteiger charge is 2.32. The number of benzene rings is 1. The van der Waals surface area contributed by atoms with Crippen LogP contribution in [-0.4, -0.2) is 35.5 Å². The molecule has 0 spiro atoms. The quantitative estimate of drug-likeness (QED) is 0.883. The number of halogens is 2. The lowest BCUT2D eigenvalue weighted by atomic mass is 9.86. The van der Waals surface area contributed by atoms with Gasteiger partial charge in [-0.2, -0.15) is 0 Å². The molecule has 1 saturated carbocycles. The number of nitrogens with one attached hydrogen (secondary N) is 1. The van der Waals surface area contributed by atoms with E-state index in [1.165, 1.54) is 0 Å². The molecule has 7 heteroatoms. The lowest BCUT2D eigenvalue weighted by Crippen LogP contribution is -2.43. The van der Waals surface area contributed by atoms with Gasteiger partial charge in [-0.1, -0.05) is 5.16 Å². The van der Waals surface area contributed by atoms with Crippen molar-refractivity contribution >= 4 is 11.6 Å². The monoisotopic (exact) mass is 338 g/mol. The third kappa shape index (κ3) is 3.72. The average Bonchev–Trinajstić information content (AvgIpc) is 3.08. The van der Waals surface area contributed by atoms with Gasteiger partial charge in [-0.25, -0.2) is 8.78 Å². The maximum absolute atomic E-state index is 13.8. The zero-order valence-electron chi connectivity index (χ0n) is 13.2. The van der Waals surface area contributed by atoms with Gasteiger partial charge in [0.05, 0.1) is 5.71 Å². The first-order chi connectivity index (χ1) is 11.6. The average molecular weight is 338 g/mol. The summed E-state index contributed by atoms with van der Waals surface area (Å²) in [4.78, 5) is 17.4. The summed E-state index contributed by atoms with van der Waals surface area (Å²) in [5.74, 6) is -1.14. The molecule has 1 amide bonds. The number of rotatable bonds is 4. The van der Waals surface area contributed by atoms with Gasteiger partial charge >= 0.3 is 0 Å². The van der Waals surface area contributed by atoms with Crippen molar-refractivity contribution in [1.82, 2.24) is 5.32 Å². The van der Waals surface area contributed by atoms with Gasteiger partial charge in [0.15, 0.2) is 0 Å². The van der Waals surface area contributed by atoms with Crippen LogP contribution in [0.1, 0.15) is 37.7 Å². The summed E-state index contributed by atoms with van der Waals surface area (Å²) in [6, 6.07) is 3.16. The molecule has 1 unspecified atom stereocenters. The van der Waals surface area contributed by atoms with Gasteiger partial charge in [0.1, 0.15) is 11.6 Å². The summed E-state index contributed by atoms with van der Waals surface area (Å²) < 4.78 is 27.0. The summed E-state index contributed by atoms with van der Waals surface area (Å²) in [5, 5.41) is 15.8. The Morgan fingerprint density at radius 2 is 2.04 bits per heavy atom. The Bertz CT molecular complexity index is 643. The fraction of sp³-hybridized carbons (Fsp3) is 0.529. The van der Waals surface area contributed by atoms with E-state index in [0.717, 1.165) is 43.9 Å². The number of nitrogens with zero attached hydrogens (tertiary/aromatic N) is 1. The van der Waals surface area contributed by atoms with Gasteiger partial charge in [0.25, 0.3) is 5.91 Å². The maximum Gasteiger partial charge on any atom is 0.264 e. The Hall–Kier alpha value is -2.02. The van der Waals surface area contributed by atoms with Crippen LogP contribution >= 0.6 is 0 Å². The number of hydrogen-bond donors (Lipinski definition) is 2. The second-order valence-electron chi connectivity index (χ2n) is 6.37. The number of amides is 1. The van der Waals surface area contributed by atoms with Crippen molar-refractivity contribution in [3.63, 3.8) is 0 Å². The molecule has 0 bridgehead atoms. The molecule has 5 nitrogen and oxygen atoms in total. The lowest BCUT2D eigenvalue weighted by molar-refractivity contribution is -0.132. The highest BCUT2D eigenvalue weighted by Crippen LogP contribution is 2.25. The molecule has 0 radical (unpaired) electrons. The summed E-state index contributed by atoms with van der Waals surface area (Å²) >= 11 is 0. The normalized spacial score (nSPS) is 26.6. The molecule has 1 heterocycles. The molecule has 1 fully saturated rings. The Morgan fingerprint density at radius 3 is 2.75 bits per heavy atom. The zero-order chi connectivity index (χ0) is 17.1. The van der Waals surface area contributed by atoms with Gasteiger partial charge in [-0.15, -0.1) is 0 Å². The van der Waals surface area contributed by atoms with Crippen molar-refractivity contribution in [1.29, 1.82) is 0 Å². The van der Waals surface area contributed by atoms with Crippen LogP contribution in [-0.2, 0) is 9.63 Å². The topological polar surface area (TPSA) is 70.9 Å². The number of aliphatic hydroxyl groups is 1. The summed E-state index contributed by atoms with van der Waals surface area (Å²) in [5.41, 5.74) is 0.255. The number of carbonyl (C=O) groups excluding carboxylic acids is 1. The first kappa shape index (κ1) is 16.8. The van der Waals surface area contributed by atoms with Gasteiger partial charge < -0.3 is 15.3 Å². The number of aliphatic hydroxyl groups excluding tert-OH is 1. The van der Waals surface area contributed by atoms with E-state index in [1.807, 2.05) is 0 Å². The van der Waals surface area contributed by atoms with E-state index in [1.54, 1.807) is 0 Å². The second kappa shape index (κ2) is 7.25. The molecule has 1 atom stereocenters. The largest absolute Gasteiger partial charge is 0.396 e. The number of oxime groups is 1. The third-order valence-corrected chi connectivity index (χ3v) is 4.65. The number of hydrogen-bond acceptors (Lipinski definition) is 4. The third-order valence-electron chi connectivity index (χ3n) is 4.65. The van der Waals surface area contributed by atoms with Crippen LogP contribution in [0, 0.1) is 17.6 Å². The van der Waals surface area contributed by atoms with Crippen LogP contribution in [0.5, 0.6) is 0 Å². The van der Waals surface area contributed by atoms with E-state index < -0.39 is 17.7 Å². The Balaban J connectivity index is 1.55. The van der Waals surface area contributed by atoms with E-state index in [4.69, 9.17) is 9.94 Å². The molecule has 0 aromatic heterocycles. The van der Waals surface area contributed by atoms with Crippen molar-refractivity contribution < 1.29 is 23.5 Å². The Morgan fingerprint density at radius 1 is 1.29 bits per heavy atom. The molecule has 3 rings (SSSR count). The van der Waals surface area contributed by atoms with Gasteiger partial charge in [0.2, 0.25) is 6.10 Å². The summed E-state index contributed by atoms with van der Waals surface area (Å²) in [7, 11) is 0. The van der Waals surface area contributed by atoms with Gasteiger partial charge in [-0.3, -0.25) is 4.79 Å². The van der Waals surface area contributed by atoms with Gasteiger partial charge in [0, 0.05) is 24.6 Å². The first-order valence-electron chi connectivity index (χ1n) is 8.16. The fourth-order valence-electron chi connectivity index (χ4n) is 3.18. The van der Waals surface area contributed by atoms with Crippen LogP contribution < -0.4 is 5.32 Å². The van der Waals surface area contributed by atoms with Crippen molar-refractivity contribution in [2.45, 2.75) is 44.2 Å². The second-order valence-corrected chi connectivity index (χ2v) is 6.37. The minimum absolute atomic E-state index is 0.0220. The van der Waals surface area contributed by atoms with Gasteiger partial charge in [-0.05, 0) is 49.8 Å². The maximum atomic E-state index is 13.8. The smallest absolute Gasteiger partial charge is 0.264 e. The Kier molecular flexibility index (Phi) is 5.08. The highest BCUT2D eigenvalue weighted by molar-refractivity contribution is 6.04. The van der Waals surface area contributed by atoms with E-state index in [-0.39, 0.29) is 36.3 Å². The predicted octanol–water partition coefficient (Wildman–Crippen LogP) is 2.13. The minimum Gasteiger partial charge on any atom is -0.396 e.